The number of hydrogen-bond donors (Lipinski definition) is 0. The van der Waals surface area contributed by atoms with Crippen molar-refractivity contribution in [3.05, 3.63) is 75.5 Å². The van der Waals surface area contributed by atoms with E-state index in [9.17, 15) is 0 Å². The molecule has 0 saturated carbocycles. The van der Waals surface area contributed by atoms with Gasteiger partial charge in [0.2, 0.25) is 5.16 Å². The van der Waals surface area contributed by atoms with Gasteiger partial charge in [0.05, 0.1) is 6.21 Å². The molecule has 0 N–H and O–H groups in total. The van der Waals surface area contributed by atoms with Crippen LogP contribution in [0.4, 0.5) is 0 Å². The van der Waals surface area contributed by atoms with E-state index in [1.165, 1.54) is 11.1 Å². The Hall–Kier alpha value is -1.92. The monoisotopic (exact) mass is 428 g/mol. The lowest BCUT2D eigenvalue weighted by Gasteiger charge is -2.05. The van der Waals surface area contributed by atoms with Gasteiger partial charge in [-0.05, 0) is 41.7 Å². The first-order valence-electron chi connectivity index (χ1n) is 8.46. The normalized spacial score (nSPS) is 11.6. The molecule has 0 unspecified atom stereocenters. The van der Waals surface area contributed by atoms with Gasteiger partial charge in [0.25, 0.3) is 0 Å². The van der Waals surface area contributed by atoms with Crippen LogP contribution in [0.1, 0.15) is 42.3 Å². The number of benzene rings is 2. The molecule has 0 radical (unpaired) electrons. The summed E-state index contributed by atoms with van der Waals surface area (Å²) in [7, 11) is 0. The van der Waals surface area contributed by atoms with Gasteiger partial charge < -0.3 is 0 Å². The SMILES string of the molecule is Cc1nnc(SCc2ccc(Br)cc2)n1/N=C/c1ccc(C(C)C)cc1. The standard InChI is InChI=1S/C20H21BrN4S/c1-14(2)18-8-4-16(5-9-18)12-22-25-15(3)23-24-20(25)26-13-17-6-10-19(21)11-7-17/h4-12,14H,13H2,1-3H3/b22-12+. The van der Waals surface area contributed by atoms with Gasteiger partial charge in [0, 0.05) is 10.2 Å². The quantitative estimate of drug-likeness (QED) is 0.376. The Bertz CT molecular complexity index is 883. The molecule has 26 heavy (non-hydrogen) atoms. The average molecular weight is 429 g/mol. The summed E-state index contributed by atoms with van der Waals surface area (Å²) in [6.45, 7) is 6.30. The van der Waals surface area contributed by atoms with E-state index in [1.807, 2.05) is 25.3 Å². The fourth-order valence-corrected chi connectivity index (χ4v) is 3.53. The van der Waals surface area contributed by atoms with Gasteiger partial charge in [-0.3, -0.25) is 0 Å². The fraction of sp³-hybridized carbons (Fsp3) is 0.250. The lowest BCUT2D eigenvalue weighted by Crippen LogP contribution is -1.97. The van der Waals surface area contributed by atoms with Gasteiger partial charge in [0.1, 0.15) is 0 Å². The average Bonchev–Trinajstić information content (AvgIpc) is 2.99. The van der Waals surface area contributed by atoms with Gasteiger partial charge in [-0.15, -0.1) is 10.2 Å². The Morgan fingerprint density at radius 1 is 1.08 bits per heavy atom. The van der Waals surface area contributed by atoms with Crippen LogP contribution in [0, 0.1) is 6.92 Å². The van der Waals surface area contributed by atoms with Crippen LogP contribution in [0.2, 0.25) is 0 Å². The Labute approximate surface area is 166 Å². The van der Waals surface area contributed by atoms with Crippen LogP contribution in [0.3, 0.4) is 0 Å². The predicted octanol–water partition coefficient (Wildman–Crippen LogP) is 5.65. The molecule has 1 heterocycles. The third-order valence-electron chi connectivity index (χ3n) is 3.97. The van der Waals surface area contributed by atoms with Crippen molar-refractivity contribution in [2.24, 2.45) is 5.10 Å². The second-order valence-electron chi connectivity index (χ2n) is 6.32. The van der Waals surface area contributed by atoms with Crippen LogP contribution >= 0.6 is 27.7 Å². The number of halogens is 1. The van der Waals surface area contributed by atoms with Gasteiger partial charge in [-0.1, -0.05) is 77.9 Å². The van der Waals surface area contributed by atoms with Gasteiger partial charge >= 0.3 is 0 Å². The minimum Gasteiger partial charge on any atom is -0.192 e. The van der Waals surface area contributed by atoms with Crippen molar-refractivity contribution in [2.75, 3.05) is 0 Å². The number of nitrogens with zero attached hydrogens (tertiary/aromatic N) is 4. The smallest absolute Gasteiger partial charge is 0.192 e. The second kappa shape index (κ2) is 8.64. The molecule has 0 aliphatic rings. The van der Waals surface area contributed by atoms with Crippen molar-refractivity contribution in [3.63, 3.8) is 0 Å². The highest BCUT2D eigenvalue weighted by Crippen LogP contribution is 2.23. The number of hydrogen-bond acceptors (Lipinski definition) is 4. The number of aromatic nitrogens is 3. The number of thioether (sulfide) groups is 1. The molecule has 2 aromatic carbocycles. The molecule has 4 nitrogen and oxygen atoms in total. The summed E-state index contributed by atoms with van der Waals surface area (Å²) in [4.78, 5) is 0. The van der Waals surface area contributed by atoms with Crippen molar-refractivity contribution in [2.45, 2.75) is 37.6 Å². The van der Waals surface area contributed by atoms with Crippen molar-refractivity contribution >= 4 is 33.9 Å². The summed E-state index contributed by atoms with van der Waals surface area (Å²) < 4.78 is 2.87. The molecule has 134 valence electrons. The minimum atomic E-state index is 0.530. The maximum absolute atomic E-state index is 4.58. The van der Waals surface area contributed by atoms with E-state index in [4.69, 9.17) is 0 Å². The summed E-state index contributed by atoms with van der Waals surface area (Å²) in [6.07, 6.45) is 1.85. The Balaban J connectivity index is 1.71. The van der Waals surface area contributed by atoms with E-state index in [0.29, 0.717) is 5.92 Å². The highest BCUT2D eigenvalue weighted by Gasteiger charge is 2.09. The molecule has 3 aromatic rings. The Kier molecular flexibility index (Phi) is 6.27. The predicted molar refractivity (Wildman–Crippen MR) is 112 cm³/mol. The van der Waals surface area contributed by atoms with E-state index in [-0.39, 0.29) is 0 Å². The molecule has 0 aliphatic heterocycles. The van der Waals surface area contributed by atoms with Crippen LogP contribution in [-0.4, -0.2) is 21.1 Å². The maximum atomic E-state index is 4.58. The third-order valence-corrected chi connectivity index (χ3v) is 5.49. The lowest BCUT2D eigenvalue weighted by molar-refractivity contribution is 0.744. The Morgan fingerprint density at radius 2 is 1.77 bits per heavy atom. The maximum Gasteiger partial charge on any atom is 0.212 e. The summed E-state index contributed by atoms with van der Waals surface area (Å²) in [5, 5.41) is 13.8. The third kappa shape index (κ3) is 4.83. The first kappa shape index (κ1) is 18.9. The van der Waals surface area contributed by atoms with Crippen LogP contribution in [0.5, 0.6) is 0 Å². The molecule has 6 heteroatoms. The zero-order chi connectivity index (χ0) is 18.5. The Morgan fingerprint density at radius 3 is 2.42 bits per heavy atom. The molecular formula is C20H21BrN4S. The van der Waals surface area contributed by atoms with E-state index in [1.54, 1.807) is 16.4 Å². The summed E-state index contributed by atoms with van der Waals surface area (Å²) in [6, 6.07) is 16.8. The molecule has 0 fully saturated rings. The first-order chi connectivity index (χ1) is 12.5. The minimum absolute atomic E-state index is 0.530. The van der Waals surface area contributed by atoms with E-state index in [2.05, 4.69) is 81.5 Å². The van der Waals surface area contributed by atoms with Crippen LogP contribution in [-0.2, 0) is 5.75 Å². The topological polar surface area (TPSA) is 43.1 Å². The summed E-state index contributed by atoms with van der Waals surface area (Å²) in [5.41, 5.74) is 3.62. The first-order valence-corrected chi connectivity index (χ1v) is 10.2. The van der Waals surface area contributed by atoms with Crippen molar-refractivity contribution < 1.29 is 0 Å². The van der Waals surface area contributed by atoms with Crippen LogP contribution in [0.15, 0.2) is 63.3 Å². The van der Waals surface area contributed by atoms with Crippen molar-refractivity contribution in [3.8, 4) is 0 Å². The molecule has 3 rings (SSSR count). The van der Waals surface area contributed by atoms with E-state index >= 15 is 0 Å². The van der Waals surface area contributed by atoms with Crippen LogP contribution in [0.25, 0.3) is 0 Å². The summed E-state index contributed by atoms with van der Waals surface area (Å²) in [5.74, 6) is 2.13. The molecule has 0 aliphatic carbocycles. The number of aryl methyl sites for hydroxylation is 1. The van der Waals surface area contributed by atoms with Gasteiger partial charge in [-0.2, -0.15) is 9.78 Å². The highest BCUT2D eigenvalue weighted by molar-refractivity contribution is 9.10. The van der Waals surface area contributed by atoms with Crippen LogP contribution < -0.4 is 0 Å². The molecular weight excluding hydrogens is 408 g/mol. The lowest BCUT2D eigenvalue weighted by atomic mass is 10.0. The molecule has 0 bridgehead atoms. The van der Waals surface area contributed by atoms with Crippen molar-refractivity contribution in [1.29, 1.82) is 0 Å². The largest absolute Gasteiger partial charge is 0.212 e. The molecule has 0 saturated heterocycles. The second-order valence-corrected chi connectivity index (χ2v) is 8.18. The van der Waals surface area contributed by atoms with Crippen molar-refractivity contribution in [1.82, 2.24) is 14.9 Å². The molecule has 0 amide bonds. The zero-order valence-electron chi connectivity index (χ0n) is 15.1. The number of rotatable bonds is 6. The fourth-order valence-electron chi connectivity index (χ4n) is 2.38. The van der Waals surface area contributed by atoms with E-state index < -0.39 is 0 Å². The molecule has 0 atom stereocenters. The van der Waals surface area contributed by atoms with Gasteiger partial charge in [0.15, 0.2) is 5.82 Å². The van der Waals surface area contributed by atoms with Gasteiger partial charge in [-0.25, -0.2) is 0 Å². The molecule has 0 spiro atoms. The highest BCUT2D eigenvalue weighted by atomic mass is 79.9. The van der Waals surface area contributed by atoms with E-state index in [0.717, 1.165) is 26.8 Å². The summed E-state index contributed by atoms with van der Waals surface area (Å²) >= 11 is 5.09. The zero-order valence-corrected chi connectivity index (χ0v) is 17.5. The molecule has 1 aromatic heterocycles.